The van der Waals surface area contributed by atoms with Gasteiger partial charge in [0, 0.05) is 24.8 Å². The molecule has 1 aliphatic rings. The van der Waals surface area contributed by atoms with Gasteiger partial charge in [-0.05, 0) is 23.8 Å². The fraction of sp³-hybridized carbons (Fsp3) is 0.0625. The van der Waals surface area contributed by atoms with E-state index in [4.69, 9.17) is 9.15 Å². The lowest BCUT2D eigenvalue weighted by Gasteiger charge is -2.06. The zero-order valence-corrected chi connectivity index (χ0v) is 11.3. The number of ether oxygens (including phenoxy) is 1. The first-order chi connectivity index (χ1) is 10.7. The van der Waals surface area contributed by atoms with Gasteiger partial charge in [-0.3, -0.25) is 4.98 Å². The fourth-order valence-electron chi connectivity index (χ4n) is 2.51. The van der Waals surface area contributed by atoms with Crippen molar-refractivity contribution in [3.63, 3.8) is 0 Å². The summed E-state index contributed by atoms with van der Waals surface area (Å²) in [4.78, 5) is 19.5. The SMILES string of the molecule is O=C(O)c1ccnc2c1CC(Oc1ccc3ocnc3c1)=C2. The Labute approximate surface area is 124 Å². The average Bonchev–Trinajstić information content (AvgIpc) is 3.11. The van der Waals surface area contributed by atoms with Crippen molar-refractivity contribution in [3.8, 4) is 5.75 Å². The van der Waals surface area contributed by atoms with E-state index in [1.165, 1.54) is 18.7 Å². The Morgan fingerprint density at radius 2 is 2.18 bits per heavy atom. The molecule has 0 radical (unpaired) electrons. The Morgan fingerprint density at radius 3 is 3.05 bits per heavy atom. The molecule has 1 N–H and O–H groups in total. The zero-order valence-electron chi connectivity index (χ0n) is 11.3. The van der Waals surface area contributed by atoms with Crippen molar-refractivity contribution in [2.75, 3.05) is 0 Å². The summed E-state index contributed by atoms with van der Waals surface area (Å²) in [5.74, 6) is 0.314. The maximum absolute atomic E-state index is 11.2. The van der Waals surface area contributed by atoms with E-state index in [9.17, 15) is 9.90 Å². The number of hydrogen-bond donors (Lipinski definition) is 1. The Kier molecular flexibility index (Phi) is 2.69. The minimum Gasteiger partial charge on any atom is -0.478 e. The predicted octanol–water partition coefficient (Wildman–Crippen LogP) is 2.90. The standard InChI is InChI=1S/C16H10N2O4/c19-16(20)11-3-4-17-13-7-10(5-12(11)13)22-9-1-2-15-14(6-9)18-8-21-15/h1-4,6-8H,5H2,(H,19,20). The van der Waals surface area contributed by atoms with Crippen molar-refractivity contribution in [1.29, 1.82) is 0 Å². The zero-order chi connectivity index (χ0) is 15.1. The third-order valence-electron chi connectivity index (χ3n) is 3.52. The van der Waals surface area contributed by atoms with E-state index in [0.29, 0.717) is 40.3 Å². The van der Waals surface area contributed by atoms with Gasteiger partial charge in [-0.1, -0.05) is 0 Å². The number of oxazole rings is 1. The van der Waals surface area contributed by atoms with Crippen molar-refractivity contribution in [3.05, 3.63) is 59.4 Å². The number of nitrogens with zero attached hydrogens (tertiary/aromatic N) is 2. The van der Waals surface area contributed by atoms with Gasteiger partial charge in [0.05, 0.1) is 11.3 Å². The molecule has 108 valence electrons. The molecule has 0 saturated carbocycles. The van der Waals surface area contributed by atoms with Crippen molar-refractivity contribution in [1.82, 2.24) is 9.97 Å². The molecule has 6 heteroatoms. The molecule has 0 spiro atoms. The smallest absolute Gasteiger partial charge is 0.336 e. The Morgan fingerprint density at radius 1 is 1.27 bits per heavy atom. The molecule has 6 nitrogen and oxygen atoms in total. The van der Waals surface area contributed by atoms with Crippen molar-refractivity contribution in [2.45, 2.75) is 6.42 Å². The molecule has 1 aliphatic carbocycles. The number of allylic oxidation sites excluding steroid dienone is 1. The summed E-state index contributed by atoms with van der Waals surface area (Å²) in [6.07, 6.45) is 5.03. The number of aromatic carboxylic acids is 1. The van der Waals surface area contributed by atoms with Gasteiger partial charge in [-0.2, -0.15) is 0 Å². The van der Waals surface area contributed by atoms with Gasteiger partial charge in [0.1, 0.15) is 17.0 Å². The van der Waals surface area contributed by atoms with E-state index in [1.807, 2.05) is 0 Å². The highest BCUT2D eigenvalue weighted by Crippen LogP contribution is 2.29. The van der Waals surface area contributed by atoms with Crippen LogP contribution in [0.4, 0.5) is 0 Å². The summed E-state index contributed by atoms with van der Waals surface area (Å²) < 4.78 is 11.0. The fourth-order valence-corrected chi connectivity index (χ4v) is 2.51. The molecule has 0 unspecified atom stereocenters. The van der Waals surface area contributed by atoms with Crippen LogP contribution in [-0.4, -0.2) is 21.0 Å². The normalized spacial score (nSPS) is 13.0. The second-order valence-electron chi connectivity index (χ2n) is 4.90. The summed E-state index contributed by atoms with van der Waals surface area (Å²) in [5.41, 5.74) is 2.96. The molecule has 1 aromatic carbocycles. The van der Waals surface area contributed by atoms with Crippen LogP contribution in [0, 0.1) is 0 Å². The number of pyridine rings is 1. The lowest BCUT2D eigenvalue weighted by molar-refractivity contribution is 0.0695. The second kappa shape index (κ2) is 4.70. The molecule has 0 amide bonds. The maximum Gasteiger partial charge on any atom is 0.336 e. The molecule has 22 heavy (non-hydrogen) atoms. The summed E-state index contributed by atoms with van der Waals surface area (Å²) in [5, 5.41) is 9.21. The predicted molar refractivity (Wildman–Crippen MR) is 77.5 cm³/mol. The van der Waals surface area contributed by atoms with E-state index in [1.54, 1.807) is 24.3 Å². The number of carboxylic acid groups (broad SMARTS) is 1. The quantitative estimate of drug-likeness (QED) is 0.799. The van der Waals surface area contributed by atoms with E-state index in [2.05, 4.69) is 9.97 Å². The first-order valence-electron chi connectivity index (χ1n) is 6.63. The van der Waals surface area contributed by atoms with E-state index < -0.39 is 5.97 Å². The minimum atomic E-state index is -0.961. The van der Waals surface area contributed by atoms with Crippen LogP contribution in [-0.2, 0) is 6.42 Å². The molecule has 2 aromatic heterocycles. The number of fused-ring (bicyclic) bond motifs is 2. The molecule has 3 aromatic rings. The van der Waals surface area contributed by atoms with E-state index in [0.717, 1.165) is 0 Å². The van der Waals surface area contributed by atoms with Crippen molar-refractivity contribution < 1.29 is 19.1 Å². The van der Waals surface area contributed by atoms with Crippen LogP contribution >= 0.6 is 0 Å². The lowest BCUT2D eigenvalue weighted by atomic mass is 10.1. The third kappa shape index (κ3) is 2.01. The van der Waals surface area contributed by atoms with Gasteiger partial charge in [0.15, 0.2) is 12.0 Å². The number of hydrogen-bond acceptors (Lipinski definition) is 5. The largest absolute Gasteiger partial charge is 0.478 e. The van der Waals surface area contributed by atoms with Crippen LogP contribution in [0.2, 0.25) is 0 Å². The van der Waals surface area contributed by atoms with Crippen LogP contribution in [0.15, 0.2) is 47.0 Å². The lowest BCUT2D eigenvalue weighted by Crippen LogP contribution is -2.04. The van der Waals surface area contributed by atoms with E-state index >= 15 is 0 Å². The van der Waals surface area contributed by atoms with Crippen molar-refractivity contribution in [2.24, 2.45) is 0 Å². The Balaban J connectivity index is 1.63. The van der Waals surface area contributed by atoms with Crippen LogP contribution < -0.4 is 4.74 Å². The maximum atomic E-state index is 11.2. The Hall–Kier alpha value is -3.15. The number of carbonyl (C=O) groups is 1. The summed E-state index contributed by atoms with van der Waals surface area (Å²) >= 11 is 0. The van der Waals surface area contributed by atoms with Gasteiger partial charge < -0.3 is 14.3 Å². The molecule has 2 heterocycles. The van der Waals surface area contributed by atoms with Crippen LogP contribution in [0.25, 0.3) is 17.2 Å². The highest BCUT2D eigenvalue weighted by molar-refractivity contribution is 5.91. The number of carboxylic acids is 1. The number of rotatable bonds is 3. The molecule has 0 bridgehead atoms. The van der Waals surface area contributed by atoms with Gasteiger partial charge in [-0.15, -0.1) is 0 Å². The van der Waals surface area contributed by atoms with Gasteiger partial charge in [0.2, 0.25) is 0 Å². The van der Waals surface area contributed by atoms with Gasteiger partial charge in [0.25, 0.3) is 0 Å². The number of aromatic nitrogens is 2. The van der Waals surface area contributed by atoms with Gasteiger partial charge >= 0.3 is 5.97 Å². The minimum absolute atomic E-state index is 0.256. The monoisotopic (exact) mass is 294 g/mol. The number of benzene rings is 1. The third-order valence-corrected chi connectivity index (χ3v) is 3.52. The van der Waals surface area contributed by atoms with Crippen molar-refractivity contribution >= 4 is 23.1 Å². The Bertz CT molecular complexity index is 927. The first-order valence-corrected chi connectivity index (χ1v) is 6.63. The molecular formula is C16H10N2O4. The van der Waals surface area contributed by atoms with Crippen LogP contribution in [0.1, 0.15) is 21.6 Å². The summed E-state index contributed by atoms with van der Waals surface area (Å²) in [7, 11) is 0. The second-order valence-corrected chi connectivity index (χ2v) is 4.90. The van der Waals surface area contributed by atoms with Crippen LogP contribution in [0.3, 0.4) is 0 Å². The topological polar surface area (TPSA) is 85.5 Å². The summed E-state index contributed by atoms with van der Waals surface area (Å²) in [6.45, 7) is 0. The molecule has 0 atom stereocenters. The molecule has 0 saturated heterocycles. The highest BCUT2D eigenvalue weighted by Gasteiger charge is 2.22. The average molecular weight is 294 g/mol. The van der Waals surface area contributed by atoms with Gasteiger partial charge in [-0.25, -0.2) is 9.78 Å². The molecule has 0 aliphatic heterocycles. The summed E-state index contributed by atoms with van der Waals surface area (Å²) in [6, 6.07) is 6.83. The van der Waals surface area contributed by atoms with E-state index in [-0.39, 0.29) is 5.56 Å². The highest BCUT2D eigenvalue weighted by atomic mass is 16.5. The molecular weight excluding hydrogens is 284 g/mol. The first kappa shape index (κ1) is 12.6. The van der Waals surface area contributed by atoms with Crippen LogP contribution in [0.5, 0.6) is 5.75 Å². The molecule has 0 fully saturated rings. The molecule has 4 rings (SSSR count).